The van der Waals surface area contributed by atoms with Crippen LogP contribution >= 0.6 is 12.2 Å². The van der Waals surface area contributed by atoms with Gasteiger partial charge < -0.3 is 11.1 Å². The minimum atomic E-state index is 0.237. The number of hydrogen-bond donors (Lipinski definition) is 2. The van der Waals surface area contributed by atoms with E-state index in [0.29, 0.717) is 0 Å². The molecule has 3 N–H and O–H groups in total. The molecular formula is C10H12N6S. The largest absolute Gasteiger partial charge is 0.376 e. The molecule has 6 nitrogen and oxygen atoms in total. The van der Waals surface area contributed by atoms with E-state index < -0.39 is 0 Å². The number of aryl methyl sites for hydroxylation is 1. The van der Waals surface area contributed by atoms with Gasteiger partial charge in [-0.2, -0.15) is 0 Å². The van der Waals surface area contributed by atoms with Gasteiger partial charge in [-0.1, -0.05) is 0 Å². The van der Waals surface area contributed by atoms with Crippen LogP contribution in [0.15, 0.2) is 18.5 Å². The van der Waals surface area contributed by atoms with E-state index in [4.69, 9.17) is 18.0 Å². The molecule has 0 radical (unpaired) electrons. The zero-order valence-electron chi connectivity index (χ0n) is 9.51. The lowest BCUT2D eigenvalue weighted by molar-refractivity contribution is 0.788. The first kappa shape index (κ1) is 11.5. The molecule has 17 heavy (non-hydrogen) atoms. The Morgan fingerprint density at radius 2 is 2.18 bits per heavy atom. The summed E-state index contributed by atoms with van der Waals surface area (Å²) in [5.41, 5.74) is 9.41. The van der Waals surface area contributed by atoms with Crippen LogP contribution in [-0.2, 0) is 0 Å². The van der Waals surface area contributed by atoms with Gasteiger partial charge in [0, 0.05) is 5.69 Å². The van der Waals surface area contributed by atoms with Crippen LogP contribution in [0.25, 0.3) is 5.69 Å². The summed E-state index contributed by atoms with van der Waals surface area (Å²) in [5, 5.41) is 14.2. The van der Waals surface area contributed by atoms with Crippen molar-refractivity contribution < 1.29 is 0 Å². The quantitative estimate of drug-likeness (QED) is 0.770. The lowest BCUT2D eigenvalue weighted by Crippen LogP contribution is -2.20. The van der Waals surface area contributed by atoms with Crippen molar-refractivity contribution in [1.29, 1.82) is 0 Å². The van der Waals surface area contributed by atoms with Crippen molar-refractivity contribution in [2.24, 2.45) is 5.73 Å². The predicted molar refractivity (Wildman–Crippen MR) is 69.0 cm³/mol. The number of aromatic nitrogens is 4. The number of thiocarbonyl (C=S) groups is 1. The van der Waals surface area contributed by atoms with Gasteiger partial charge in [0.05, 0.1) is 5.69 Å². The fourth-order valence-electron chi connectivity index (χ4n) is 1.51. The van der Waals surface area contributed by atoms with E-state index in [1.807, 2.05) is 26.0 Å². The van der Waals surface area contributed by atoms with Crippen LogP contribution in [-0.4, -0.2) is 25.3 Å². The summed E-state index contributed by atoms with van der Waals surface area (Å²) in [5.74, 6) is 0. The van der Waals surface area contributed by atoms with Crippen molar-refractivity contribution in [3.05, 3.63) is 29.6 Å². The average molecular weight is 248 g/mol. The van der Waals surface area contributed by atoms with Crippen molar-refractivity contribution in [1.82, 2.24) is 20.2 Å². The van der Waals surface area contributed by atoms with E-state index >= 15 is 0 Å². The maximum atomic E-state index is 5.49. The van der Waals surface area contributed by atoms with Gasteiger partial charge in [0.15, 0.2) is 5.11 Å². The zero-order valence-corrected chi connectivity index (χ0v) is 10.3. The summed E-state index contributed by atoms with van der Waals surface area (Å²) >= 11 is 4.84. The van der Waals surface area contributed by atoms with Crippen LogP contribution in [0.3, 0.4) is 0 Å². The van der Waals surface area contributed by atoms with Gasteiger partial charge in [0.25, 0.3) is 0 Å². The Hall–Kier alpha value is -2.02. The molecular weight excluding hydrogens is 236 g/mol. The number of benzene rings is 1. The molecule has 1 aromatic heterocycles. The molecule has 2 aromatic rings. The van der Waals surface area contributed by atoms with Gasteiger partial charge in [-0.15, -0.1) is 5.10 Å². The second kappa shape index (κ2) is 4.46. The average Bonchev–Trinajstić information content (AvgIpc) is 2.77. The number of anilines is 1. The van der Waals surface area contributed by atoms with Crippen LogP contribution < -0.4 is 11.1 Å². The van der Waals surface area contributed by atoms with Crippen LogP contribution in [0.1, 0.15) is 11.1 Å². The fraction of sp³-hybridized carbons (Fsp3) is 0.200. The lowest BCUT2D eigenvalue weighted by Gasteiger charge is -2.12. The van der Waals surface area contributed by atoms with Crippen molar-refractivity contribution in [2.45, 2.75) is 13.8 Å². The summed E-state index contributed by atoms with van der Waals surface area (Å²) in [6.07, 6.45) is 1.54. The van der Waals surface area contributed by atoms with Crippen molar-refractivity contribution in [2.75, 3.05) is 5.32 Å². The van der Waals surface area contributed by atoms with Gasteiger partial charge in [0.2, 0.25) is 0 Å². The van der Waals surface area contributed by atoms with Gasteiger partial charge in [-0.25, -0.2) is 4.68 Å². The minimum Gasteiger partial charge on any atom is -0.376 e. The van der Waals surface area contributed by atoms with Crippen molar-refractivity contribution in [3.63, 3.8) is 0 Å². The third kappa shape index (κ3) is 2.39. The first-order chi connectivity index (χ1) is 8.08. The minimum absolute atomic E-state index is 0.237. The highest BCUT2D eigenvalue weighted by Crippen LogP contribution is 2.22. The van der Waals surface area contributed by atoms with Crippen LogP contribution in [0.2, 0.25) is 0 Å². The smallest absolute Gasteiger partial charge is 0.168 e. The molecule has 0 spiro atoms. The Labute approximate surface area is 104 Å². The standard InChI is InChI=1S/C10H12N6S/c1-6-3-8(16-5-12-14-15-16)4-9(7(6)2)13-10(11)17/h3-5H,1-2H3,(H3,11,13,17). The van der Waals surface area contributed by atoms with E-state index in [2.05, 4.69) is 20.8 Å². The van der Waals surface area contributed by atoms with E-state index in [1.165, 1.54) is 6.33 Å². The molecule has 88 valence electrons. The Morgan fingerprint density at radius 1 is 1.41 bits per heavy atom. The van der Waals surface area contributed by atoms with Crippen molar-refractivity contribution >= 4 is 23.0 Å². The molecule has 0 fully saturated rings. The van der Waals surface area contributed by atoms with Gasteiger partial charge in [0.1, 0.15) is 6.33 Å². The maximum Gasteiger partial charge on any atom is 0.168 e. The molecule has 0 aliphatic carbocycles. The molecule has 0 saturated heterocycles. The summed E-state index contributed by atoms with van der Waals surface area (Å²) in [7, 11) is 0. The summed E-state index contributed by atoms with van der Waals surface area (Å²) in [6, 6.07) is 3.90. The molecule has 0 aliphatic rings. The first-order valence-corrected chi connectivity index (χ1v) is 5.40. The van der Waals surface area contributed by atoms with Gasteiger partial charge >= 0.3 is 0 Å². The number of tetrazole rings is 1. The molecule has 0 amide bonds. The van der Waals surface area contributed by atoms with E-state index in [1.54, 1.807) is 4.68 Å². The fourth-order valence-corrected chi connectivity index (χ4v) is 1.62. The Bertz CT molecular complexity index is 548. The number of rotatable bonds is 2. The molecule has 0 saturated carbocycles. The van der Waals surface area contributed by atoms with Crippen LogP contribution in [0, 0.1) is 13.8 Å². The molecule has 0 bridgehead atoms. The van der Waals surface area contributed by atoms with E-state index in [0.717, 1.165) is 22.5 Å². The maximum absolute atomic E-state index is 5.49. The highest BCUT2D eigenvalue weighted by molar-refractivity contribution is 7.80. The Balaban J connectivity index is 2.49. The van der Waals surface area contributed by atoms with E-state index in [9.17, 15) is 0 Å². The highest BCUT2D eigenvalue weighted by atomic mass is 32.1. The molecule has 7 heteroatoms. The predicted octanol–water partition coefficient (Wildman–Crippen LogP) is 0.935. The topological polar surface area (TPSA) is 81.7 Å². The lowest BCUT2D eigenvalue weighted by atomic mass is 10.1. The number of nitrogens with one attached hydrogen (secondary N) is 1. The van der Waals surface area contributed by atoms with Crippen molar-refractivity contribution in [3.8, 4) is 5.69 Å². The van der Waals surface area contributed by atoms with Crippen LogP contribution in [0.4, 0.5) is 5.69 Å². The number of hydrogen-bond acceptors (Lipinski definition) is 4. The summed E-state index contributed by atoms with van der Waals surface area (Å²) < 4.78 is 1.58. The highest BCUT2D eigenvalue weighted by Gasteiger charge is 2.07. The van der Waals surface area contributed by atoms with Gasteiger partial charge in [-0.05, 0) is 59.8 Å². The van der Waals surface area contributed by atoms with Gasteiger partial charge in [-0.3, -0.25) is 0 Å². The molecule has 2 rings (SSSR count). The summed E-state index contributed by atoms with van der Waals surface area (Å²) in [4.78, 5) is 0. The molecule has 1 heterocycles. The molecule has 0 atom stereocenters. The van der Waals surface area contributed by atoms with E-state index in [-0.39, 0.29) is 5.11 Å². The normalized spacial score (nSPS) is 10.2. The SMILES string of the molecule is Cc1cc(-n2cnnn2)cc(NC(N)=S)c1C. The Kier molecular flexibility index (Phi) is 3.01. The Morgan fingerprint density at radius 3 is 2.76 bits per heavy atom. The third-order valence-electron chi connectivity index (χ3n) is 2.52. The number of nitrogens with zero attached hydrogens (tertiary/aromatic N) is 4. The second-order valence-corrected chi connectivity index (χ2v) is 4.12. The molecule has 0 aliphatic heterocycles. The monoisotopic (exact) mass is 248 g/mol. The second-order valence-electron chi connectivity index (χ2n) is 3.68. The third-order valence-corrected chi connectivity index (χ3v) is 2.63. The summed E-state index contributed by atoms with van der Waals surface area (Å²) in [6.45, 7) is 4.01. The zero-order chi connectivity index (χ0) is 12.4. The first-order valence-electron chi connectivity index (χ1n) is 4.99. The molecule has 1 aromatic carbocycles. The van der Waals surface area contributed by atoms with Crippen LogP contribution in [0.5, 0.6) is 0 Å². The number of nitrogens with two attached hydrogens (primary N) is 1. The molecule has 0 unspecified atom stereocenters.